The first-order valence-electron chi connectivity index (χ1n) is 7.31. The summed E-state index contributed by atoms with van der Waals surface area (Å²) in [5, 5.41) is 8.12. The topological polar surface area (TPSA) is 78.4 Å². The fraction of sp³-hybridized carbons (Fsp3) is 0.333. The van der Waals surface area contributed by atoms with Gasteiger partial charge in [0, 0.05) is 27.2 Å². The van der Waals surface area contributed by atoms with Gasteiger partial charge in [0.2, 0.25) is 0 Å². The summed E-state index contributed by atoms with van der Waals surface area (Å²) in [6.45, 7) is 1.65. The summed E-state index contributed by atoms with van der Waals surface area (Å²) < 4.78 is 27.0. The molecule has 1 N–H and O–H groups in total. The highest BCUT2D eigenvalue weighted by Gasteiger charge is 2.18. The minimum atomic E-state index is -3.56. The van der Waals surface area contributed by atoms with E-state index in [0.717, 1.165) is 29.6 Å². The van der Waals surface area contributed by atoms with Gasteiger partial charge in [0.15, 0.2) is 11.6 Å². The van der Waals surface area contributed by atoms with Crippen LogP contribution in [0.3, 0.4) is 0 Å². The van der Waals surface area contributed by atoms with Gasteiger partial charge in [-0.15, -0.1) is 10.2 Å². The van der Waals surface area contributed by atoms with E-state index >= 15 is 0 Å². The highest BCUT2D eigenvalue weighted by atomic mass is 32.2. The summed E-state index contributed by atoms with van der Waals surface area (Å²) >= 11 is 0. The average molecular weight is 333 g/mol. The van der Waals surface area contributed by atoms with Gasteiger partial charge in [-0.3, -0.25) is 4.72 Å². The Morgan fingerprint density at radius 2 is 1.83 bits per heavy atom. The van der Waals surface area contributed by atoms with E-state index in [9.17, 15) is 8.42 Å². The number of hydrogen-bond donors (Lipinski definition) is 1. The van der Waals surface area contributed by atoms with Gasteiger partial charge in [-0.2, -0.15) is 12.7 Å². The van der Waals surface area contributed by atoms with Crippen molar-refractivity contribution in [3.05, 3.63) is 47.5 Å². The minimum absolute atomic E-state index is 0.208. The molecule has 0 bridgehead atoms. The van der Waals surface area contributed by atoms with Gasteiger partial charge < -0.3 is 4.90 Å². The van der Waals surface area contributed by atoms with Crippen LogP contribution in [-0.4, -0.2) is 43.6 Å². The van der Waals surface area contributed by atoms with Crippen molar-refractivity contribution in [1.29, 1.82) is 0 Å². The molecule has 0 amide bonds. The number of nitrogens with zero attached hydrogens (tertiary/aromatic N) is 4. The van der Waals surface area contributed by atoms with Gasteiger partial charge >= 0.3 is 10.2 Å². The predicted octanol–water partition coefficient (Wildman–Crippen LogP) is 1.26. The maximum atomic E-state index is 11.8. The van der Waals surface area contributed by atoms with E-state index in [2.05, 4.69) is 38.0 Å². The largest absolute Gasteiger partial charge is 0.350 e. The molecule has 0 unspecified atom stereocenters. The van der Waals surface area contributed by atoms with Crippen LogP contribution < -0.4 is 9.62 Å². The number of fused-ring (bicyclic) bond motifs is 1. The van der Waals surface area contributed by atoms with Crippen LogP contribution in [0.1, 0.15) is 11.1 Å². The average Bonchev–Trinajstić information content (AvgIpc) is 2.54. The smallest absolute Gasteiger partial charge is 0.302 e. The molecule has 0 atom stereocenters. The lowest BCUT2D eigenvalue weighted by Crippen LogP contribution is -2.31. The zero-order valence-electron chi connectivity index (χ0n) is 13.1. The molecule has 1 aliphatic heterocycles. The highest BCUT2D eigenvalue weighted by Crippen LogP contribution is 2.23. The number of rotatable bonds is 4. The molecule has 1 aromatic heterocycles. The summed E-state index contributed by atoms with van der Waals surface area (Å²) in [6, 6.07) is 11.8. The second-order valence-corrected chi connectivity index (χ2v) is 7.49. The molecule has 3 rings (SSSR count). The normalized spacial score (nSPS) is 14.7. The fourth-order valence-corrected chi connectivity index (χ4v) is 3.02. The zero-order chi connectivity index (χ0) is 16.4. The van der Waals surface area contributed by atoms with Gasteiger partial charge in [-0.1, -0.05) is 24.3 Å². The number of nitrogens with one attached hydrogen (secondary N) is 1. The van der Waals surface area contributed by atoms with Crippen LogP contribution in [0.15, 0.2) is 36.4 Å². The van der Waals surface area contributed by atoms with E-state index in [1.165, 1.54) is 25.2 Å². The van der Waals surface area contributed by atoms with Crippen molar-refractivity contribution < 1.29 is 8.42 Å². The molecule has 0 saturated heterocycles. The molecule has 8 heteroatoms. The number of anilines is 2. The second-order valence-electron chi connectivity index (χ2n) is 5.61. The van der Waals surface area contributed by atoms with Crippen LogP contribution in [-0.2, 0) is 23.2 Å². The van der Waals surface area contributed by atoms with Gasteiger partial charge in [-0.25, -0.2) is 0 Å². The van der Waals surface area contributed by atoms with Crippen LogP contribution in [0, 0.1) is 0 Å². The maximum absolute atomic E-state index is 11.8. The van der Waals surface area contributed by atoms with Crippen molar-refractivity contribution in [2.75, 3.05) is 30.3 Å². The van der Waals surface area contributed by atoms with Gasteiger partial charge in [0.05, 0.1) is 0 Å². The maximum Gasteiger partial charge on any atom is 0.302 e. The molecule has 0 saturated carbocycles. The summed E-state index contributed by atoms with van der Waals surface area (Å²) in [5.41, 5.74) is 2.66. The number of benzene rings is 1. The first kappa shape index (κ1) is 15.7. The van der Waals surface area contributed by atoms with E-state index < -0.39 is 10.2 Å². The van der Waals surface area contributed by atoms with Crippen LogP contribution in [0.4, 0.5) is 11.6 Å². The van der Waals surface area contributed by atoms with Crippen molar-refractivity contribution in [1.82, 2.24) is 14.5 Å². The third kappa shape index (κ3) is 3.43. The molecule has 0 aliphatic carbocycles. The van der Waals surface area contributed by atoms with E-state index in [4.69, 9.17) is 0 Å². The van der Waals surface area contributed by atoms with Crippen molar-refractivity contribution >= 4 is 21.8 Å². The quantitative estimate of drug-likeness (QED) is 0.911. The minimum Gasteiger partial charge on any atom is -0.350 e. The predicted molar refractivity (Wildman–Crippen MR) is 89.5 cm³/mol. The summed E-state index contributed by atoms with van der Waals surface area (Å²) in [7, 11) is -0.654. The van der Waals surface area contributed by atoms with Crippen LogP contribution in [0.5, 0.6) is 0 Å². The Balaban J connectivity index is 1.74. The van der Waals surface area contributed by atoms with Gasteiger partial charge in [-0.05, 0) is 29.7 Å². The van der Waals surface area contributed by atoms with Crippen molar-refractivity contribution in [3.63, 3.8) is 0 Å². The molecule has 1 aromatic carbocycles. The molecule has 0 fully saturated rings. The van der Waals surface area contributed by atoms with Crippen molar-refractivity contribution in [3.8, 4) is 0 Å². The Hall–Kier alpha value is -2.19. The third-order valence-electron chi connectivity index (χ3n) is 3.82. The van der Waals surface area contributed by atoms with Crippen LogP contribution in [0.2, 0.25) is 0 Å². The van der Waals surface area contributed by atoms with Crippen molar-refractivity contribution in [2.45, 2.75) is 13.0 Å². The number of aromatic nitrogens is 2. The molecule has 122 valence electrons. The molecule has 2 aromatic rings. The first-order chi connectivity index (χ1) is 11.0. The van der Waals surface area contributed by atoms with E-state index in [-0.39, 0.29) is 5.82 Å². The van der Waals surface area contributed by atoms with Crippen molar-refractivity contribution in [2.24, 2.45) is 0 Å². The molecule has 23 heavy (non-hydrogen) atoms. The van der Waals surface area contributed by atoms with Crippen LogP contribution >= 0.6 is 0 Å². The zero-order valence-corrected chi connectivity index (χ0v) is 13.9. The molecule has 1 aliphatic rings. The lowest BCUT2D eigenvalue weighted by molar-refractivity contribution is 0.526. The highest BCUT2D eigenvalue weighted by molar-refractivity contribution is 7.90. The second kappa shape index (κ2) is 6.13. The summed E-state index contributed by atoms with van der Waals surface area (Å²) in [5.74, 6) is 0.951. The van der Waals surface area contributed by atoms with E-state index in [0.29, 0.717) is 0 Å². The number of hydrogen-bond acceptors (Lipinski definition) is 5. The SMILES string of the molecule is CN(C)S(=O)(=O)Nc1ccc(N2CCc3ccccc3C2)nn1. The Morgan fingerprint density at radius 3 is 2.48 bits per heavy atom. The molecule has 0 radical (unpaired) electrons. The lowest BCUT2D eigenvalue weighted by Gasteiger charge is -2.29. The molecular weight excluding hydrogens is 314 g/mol. The Morgan fingerprint density at radius 1 is 1.09 bits per heavy atom. The van der Waals surface area contributed by atoms with E-state index in [1.54, 1.807) is 12.1 Å². The van der Waals surface area contributed by atoms with Crippen LogP contribution in [0.25, 0.3) is 0 Å². The molecule has 0 spiro atoms. The Kier molecular flexibility index (Phi) is 4.18. The summed E-state index contributed by atoms with van der Waals surface area (Å²) in [4.78, 5) is 2.14. The van der Waals surface area contributed by atoms with Gasteiger partial charge in [0.25, 0.3) is 0 Å². The first-order valence-corrected chi connectivity index (χ1v) is 8.75. The standard InChI is InChI=1S/C15H19N5O2S/c1-19(2)23(21,22)18-14-7-8-15(17-16-14)20-10-9-12-5-3-4-6-13(12)11-20/h3-8H,9-11H2,1-2H3,(H,16,18). The van der Waals surface area contributed by atoms with Gasteiger partial charge in [0.1, 0.15) is 0 Å². The lowest BCUT2D eigenvalue weighted by atomic mass is 10.00. The third-order valence-corrected chi connectivity index (χ3v) is 5.25. The summed E-state index contributed by atoms with van der Waals surface area (Å²) in [6.07, 6.45) is 0.965. The monoisotopic (exact) mass is 333 g/mol. The fourth-order valence-electron chi connectivity index (χ4n) is 2.46. The molecule has 7 nitrogen and oxygen atoms in total. The Bertz CT molecular complexity index is 790. The van der Waals surface area contributed by atoms with E-state index in [1.807, 2.05) is 6.07 Å². The Labute approximate surface area is 136 Å². The molecular formula is C15H19N5O2S. The molecule has 2 heterocycles.